The standard InChI is InChI=1S/C9H15NO/c1-7(2)10-6-4-5-8(3)9(10)11/h7H,3-6H2,1-2H3. The molecule has 0 radical (unpaired) electrons. The fraction of sp³-hybridized carbons (Fsp3) is 0.667. The molecule has 0 atom stereocenters. The van der Waals surface area contributed by atoms with Gasteiger partial charge in [0.05, 0.1) is 0 Å². The van der Waals surface area contributed by atoms with Crippen LogP contribution in [-0.4, -0.2) is 23.4 Å². The van der Waals surface area contributed by atoms with Crippen molar-refractivity contribution in [2.75, 3.05) is 6.54 Å². The summed E-state index contributed by atoms with van der Waals surface area (Å²) in [6, 6.07) is 0.319. The van der Waals surface area contributed by atoms with Crippen LogP contribution in [-0.2, 0) is 4.79 Å². The molecule has 1 rings (SSSR count). The minimum absolute atomic E-state index is 0.145. The van der Waals surface area contributed by atoms with Crippen molar-refractivity contribution in [2.24, 2.45) is 0 Å². The van der Waals surface area contributed by atoms with Gasteiger partial charge < -0.3 is 4.90 Å². The molecule has 2 heteroatoms. The normalized spacial score (nSPS) is 19.7. The van der Waals surface area contributed by atoms with E-state index in [1.807, 2.05) is 18.7 Å². The van der Waals surface area contributed by atoms with Crippen molar-refractivity contribution in [2.45, 2.75) is 32.7 Å². The summed E-state index contributed by atoms with van der Waals surface area (Å²) in [5, 5.41) is 0. The van der Waals surface area contributed by atoms with Gasteiger partial charge in [-0.25, -0.2) is 0 Å². The zero-order chi connectivity index (χ0) is 8.43. The molecular weight excluding hydrogens is 138 g/mol. The number of carbonyl (C=O) groups is 1. The predicted octanol–water partition coefficient (Wildman–Crippen LogP) is 1.57. The fourth-order valence-electron chi connectivity index (χ4n) is 1.37. The Labute approximate surface area is 67.9 Å². The lowest BCUT2D eigenvalue weighted by molar-refractivity contribution is -0.130. The van der Waals surface area contributed by atoms with Gasteiger partial charge in [0.1, 0.15) is 0 Å². The van der Waals surface area contributed by atoms with Crippen LogP contribution in [0.15, 0.2) is 12.2 Å². The molecule has 1 aliphatic rings. The maximum atomic E-state index is 11.4. The minimum Gasteiger partial charge on any atom is -0.337 e. The molecule has 11 heavy (non-hydrogen) atoms. The fourth-order valence-corrected chi connectivity index (χ4v) is 1.37. The lowest BCUT2D eigenvalue weighted by Crippen LogP contribution is -2.41. The van der Waals surface area contributed by atoms with Gasteiger partial charge in [0.2, 0.25) is 5.91 Å². The van der Waals surface area contributed by atoms with Crippen molar-refractivity contribution in [3.63, 3.8) is 0 Å². The van der Waals surface area contributed by atoms with Gasteiger partial charge in [-0.15, -0.1) is 0 Å². The highest BCUT2D eigenvalue weighted by molar-refractivity contribution is 5.93. The van der Waals surface area contributed by atoms with E-state index in [1.54, 1.807) is 0 Å². The second-order valence-electron chi connectivity index (χ2n) is 3.30. The Balaban J connectivity index is 2.66. The summed E-state index contributed by atoms with van der Waals surface area (Å²) >= 11 is 0. The number of likely N-dealkylation sites (tertiary alicyclic amines) is 1. The lowest BCUT2D eigenvalue weighted by Gasteiger charge is -2.31. The topological polar surface area (TPSA) is 20.3 Å². The van der Waals surface area contributed by atoms with Crippen LogP contribution in [0.25, 0.3) is 0 Å². The predicted molar refractivity (Wildman–Crippen MR) is 45.2 cm³/mol. The van der Waals surface area contributed by atoms with E-state index in [0.717, 1.165) is 25.0 Å². The highest BCUT2D eigenvalue weighted by Gasteiger charge is 2.22. The van der Waals surface area contributed by atoms with Gasteiger partial charge in [-0.2, -0.15) is 0 Å². The largest absolute Gasteiger partial charge is 0.337 e. The third-order valence-electron chi connectivity index (χ3n) is 2.06. The highest BCUT2D eigenvalue weighted by Crippen LogP contribution is 2.16. The Hall–Kier alpha value is -0.790. The molecule has 62 valence electrons. The number of amides is 1. The van der Waals surface area contributed by atoms with Gasteiger partial charge >= 0.3 is 0 Å². The molecule has 0 saturated carbocycles. The molecule has 0 aliphatic carbocycles. The molecule has 0 unspecified atom stereocenters. The van der Waals surface area contributed by atoms with Crippen molar-refractivity contribution in [3.05, 3.63) is 12.2 Å². The molecular formula is C9H15NO. The maximum absolute atomic E-state index is 11.4. The van der Waals surface area contributed by atoms with E-state index in [4.69, 9.17) is 0 Å². The summed E-state index contributed by atoms with van der Waals surface area (Å²) in [6.07, 6.45) is 1.95. The third kappa shape index (κ3) is 1.62. The van der Waals surface area contributed by atoms with Crippen molar-refractivity contribution < 1.29 is 4.79 Å². The second-order valence-corrected chi connectivity index (χ2v) is 3.30. The first-order chi connectivity index (χ1) is 5.13. The van der Waals surface area contributed by atoms with E-state index in [0.29, 0.717) is 6.04 Å². The maximum Gasteiger partial charge on any atom is 0.249 e. The van der Waals surface area contributed by atoms with E-state index < -0.39 is 0 Å². The Morgan fingerprint density at radius 3 is 2.64 bits per heavy atom. The molecule has 0 aromatic carbocycles. The number of rotatable bonds is 1. The van der Waals surface area contributed by atoms with Crippen LogP contribution in [0, 0.1) is 0 Å². The van der Waals surface area contributed by atoms with Crippen LogP contribution in [0.5, 0.6) is 0 Å². The first-order valence-corrected chi connectivity index (χ1v) is 4.11. The first kappa shape index (κ1) is 8.31. The van der Waals surface area contributed by atoms with Gasteiger partial charge in [-0.3, -0.25) is 4.79 Å². The molecule has 1 fully saturated rings. The van der Waals surface area contributed by atoms with E-state index in [-0.39, 0.29) is 5.91 Å². The molecule has 0 aromatic heterocycles. The van der Waals surface area contributed by atoms with E-state index in [1.165, 1.54) is 0 Å². The average molecular weight is 153 g/mol. The van der Waals surface area contributed by atoms with Crippen LogP contribution in [0.2, 0.25) is 0 Å². The van der Waals surface area contributed by atoms with Crippen molar-refractivity contribution >= 4 is 5.91 Å². The third-order valence-corrected chi connectivity index (χ3v) is 2.06. The summed E-state index contributed by atoms with van der Waals surface area (Å²) < 4.78 is 0. The van der Waals surface area contributed by atoms with Gasteiger partial charge in [0.25, 0.3) is 0 Å². The minimum atomic E-state index is 0.145. The molecule has 1 aliphatic heterocycles. The summed E-state index contributed by atoms with van der Waals surface area (Å²) in [7, 11) is 0. The molecule has 0 N–H and O–H groups in total. The number of hydrogen-bond donors (Lipinski definition) is 0. The number of carbonyl (C=O) groups excluding carboxylic acids is 1. The Kier molecular flexibility index (Phi) is 2.32. The highest BCUT2D eigenvalue weighted by atomic mass is 16.2. The molecule has 1 heterocycles. The Bertz CT molecular complexity index is 184. The molecule has 0 aromatic rings. The number of piperidine rings is 1. The second kappa shape index (κ2) is 3.07. The first-order valence-electron chi connectivity index (χ1n) is 4.11. The average Bonchev–Trinajstić information content (AvgIpc) is 1.94. The van der Waals surface area contributed by atoms with Crippen LogP contribution in [0.3, 0.4) is 0 Å². The Morgan fingerprint density at radius 1 is 1.55 bits per heavy atom. The van der Waals surface area contributed by atoms with Crippen LogP contribution in [0.1, 0.15) is 26.7 Å². The van der Waals surface area contributed by atoms with E-state index >= 15 is 0 Å². The van der Waals surface area contributed by atoms with Crippen molar-refractivity contribution in [1.82, 2.24) is 4.90 Å². The lowest BCUT2D eigenvalue weighted by atomic mass is 10.0. The van der Waals surface area contributed by atoms with Crippen LogP contribution >= 0.6 is 0 Å². The zero-order valence-electron chi connectivity index (χ0n) is 7.26. The summed E-state index contributed by atoms with van der Waals surface area (Å²) in [5.41, 5.74) is 0.768. The Morgan fingerprint density at radius 2 is 2.18 bits per heavy atom. The molecule has 0 spiro atoms. The summed E-state index contributed by atoms with van der Waals surface area (Å²) in [4.78, 5) is 13.3. The van der Waals surface area contributed by atoms with Crippen LogP contribution < -0.4 is 0 Å². The van der Waals surface area contributed by atoms with Gasteiger partial charge in [-0.05, 0) is 26.7 Å². The zero-order valence-corrected chi connectivity index (χ0v) is 7.26. The van der Waals surface area contributed by atoms with Gasteiger partial charge in [-0.1, -0.05) is 6.58 Å². The van der Waals surface area contributed by atoms with Crippen LogP contribution in [0.4, 0.5) is 0 Å². The van der Waals surface area contributed by atoms with Gasteiger partial charge in [0, 0.05) is 18.2 Å². The quantitative estimate of drug-likeness (QED) is 0.524. The molecule has 2 nitrogen and oxygen atoms in total. The van der Waals surface area contributed by atoms with Crippen molar-refractivity contribution in [1.29, 1.82) is 0 Å². The number of nitrogens with zero attached hydrogens (tertiary/aromatic N) is 1. The summed E-state index contributed by atoms with van der Waals surface area (Å²) in [6.45, 7) is 8.71. The van der Waals surface area contributed by atoms with Crippen molar-refractivity contribution in [3.8, 4) is 0 Å². The van der Waals surface area contributed by atoms with Gasteiger partial charge in [0.15, 0.2) is 0 Å². The SMILES string of the molecule is C=C1CCCN(C(C)C)C1=O. The van der Waals surface area contributed by atoms with E-state index in [2.05, 4.69) is 6.58 Å². The molecule has 0 bridgehead atoms. The smallest absolute Gasteiger partial charge is 0.249 e. The monoisotopic (exact) mass is 153 g/mol. The molecule has 1 amide bonds. The molecule has 1 saturated heterocycles. The summed E-state index contributed by atoms with van der Waals surface area (Å²) in [5.74, 6) is 0.145. The van der Waals surface area contributed by atoms with E-state index in [9.17, 15) is 4.79 Å². The number of hydrogen-bond acceptors (Lipinski definition) is 1.